The summed E-state index contributed by atoms with van der Waals surface area (Å²) in [6.45, 7) is 0.700. The lowest BCUT2D eigenvalue weighted by molar-refractivity contribution is 0.00375. The summed E-state index contributed by atoms with van der Waals surface area (Å²) in [5.41, 5.74) is 3.26. The van der Waals surface area contributed by atoms with Crippen molar-refractivity contribution in [2.75, 3.05) is 6.61 Å². The number of benzene rings is 1. The minimum absolute atomic E-state index is 0.0677. The zero-order chi connectivity index (χ0) is 13.9. The monoisotopic (exact) mass is 289 g/mol. The molecule has 1 aromatic carbocycles. The van der Waals surface area contributed by atoms with Gasteiger partial charge in [0.1, 0.15) is 5.15 Å². The van der Waals surface area contributed by atoms with Crippen LogP contribution in [0.5, 0.6) is 0 Å². The summed E-state index contributed by atoms with van der Waals surface area (Å²) in [6, 6.07) is 11.7. The van der Waals surface area contributed by atoms with Crippen molar-refractivity contribution in [1.82, 2.24) is 4.98 Å². The van der Waals surface area contributed by atoms with E-state index in [2.05, 4.69) is 17.1 Å². The third kappa shape index (κ3) is 2.85. The molecule has 20 heavy (non-hydrogen) atoms. The average molecular weight is 290 g/mol. The predicted octanol–water partition coefficient (Wildman–Crippen LogP) is 3.47. The van der Waals surface area contributed by atoms with E-state index in [0.29, 0.717) is 18.2 Å². The zero-order valence-electron chi connectivity index (χ0n) is 11.0. The van der Waals surface area contributed by atoms with Crippen molar-refractivity contribution in [3.63, 3.8) is 0 Å². The van der Waals surface area contributed by atoms with Gasteiger partial charge < -0.3 is 9.84 Å². The molecule has 0 radical (unpaired) electrons. The van der Waals surface area contributed by atoms with Gasteiger partial charge in [0.25, 0.3) is 0 Å². The van der Waals surface area contributed by atoms with Crippen LogP contribution in [0.4, 0.5) is 0 Å². The fourth-order valence-corrected chi connectivity index (χ4v) is 2.82. The molecule has 0 saturated carbocycles. The Balaban J connectivity index is 1.79. The largest absolute Gasteiger partial charge is 0.388 e. The number of hydrogen-bond acceptors (Lipinski definition) is 3. The third-order valence-corrected chi connectivity index (χ3v) is 3.87. The number of aliphatic hydroxyl groups is 1. The summed E-state index contributed by atoms with van der Waals surface area (Å²) in [5, 5.41) is 10.8. The number of pyridine rings is 1. The van der Waals surface area contributed by atoms with Crippen LogP contribution in [0.3, 0.4) is 0 Å². The summed E-state index contributed by atoms with van der Waals surface area (Å²) in [4.78, 5) is 3.93. The maximum atomic E-state index is 10.4. The Morgan fingerprint density at radius 1 is 1.35 bits per heavy atom. The molecular formula is C16H16ClNO2. The molecule has 2 aromatic rings. The molecule has 0 aliphatic carbocycles. The van der Waals surface area contributed by atoms with Crippen LogP contribution in [0.15, 0.2) is 42.6 Å². The molecule has 0 amide bonds. The number of halogens is 1. The Hall–Kier alpha value is -1.42. The highest BCUT2D eigenvalue weighted by Gasteiger charge is 2.23. The molecule has 1 aromatic heterocycles. The molecule has 2 heterocycles. The lowest BCUT2D eigenvalue weighted by atomic mass is 9.93. The molecule has 1 aliphatic heterocycles. The van der Waals surface area contributed by atoms with Gasteiger partial charge in [-0.25, -0.2) is 4.98 Å². The number of hydrogen-bond donors (Lipinski definition) is 1. The van der Waals surface area contributed by atoms with Gasteiger partial charge in [0.2, 0.25) is 0 Å². The first-order chi connectivity index (χ1) is 9.74. The Morgan fingerprint density at radius 2 is 2.20 bits per heavy atom. The molecule has 0 saturated heterocycles. The predicted molar refractivity (Wildman–Crippen MR) is 77.7 cm³/mol. The van der Waals surface area contributed by atoms with E-state index in [1.807, 2.05) is 12.1 Å². The maximum Gasteiger partial charge on any atom is 0.129 e. The minimum Gasteiger partial charge on any atom is -0.388 e. The molecule has 0 bridgehead atoms. The van der Waals surface area contributed by atoms with Crippen molar-refractivity contribution in [2.24, 2.45) is 0 Å². The maximum absolute atomic E-state index is 10.4. The van der Waals surface area contributed by atoms with Gasteiger partial charge in [0, 0.05) is 12.6 Å². The van der Waals surface area contributed by atoms with Gasteiger partial charge in [0.05, 0.1) is 18.8 Å². The molecule has 0 spiro atoms. The van der Waals surface area contributed by atoms with Gasteiger partial charge in [-0.1, -0.05) is 35.9 Å². The SMILES string of the molecule is OC(CC1OCCc2ccccc21)c1ccnc(Cl)c1. The molecule has 3 rings (SSSR count). The lowest BCUT2D eigenvalue weighted by Crippen LogP contribution is -2.18. The minimum atomic E-state index is -0.605. The second-order valence-corrected chi connectivity index (χ2v) is 5.36. The van der Waals surface area contributed by atoms with Crippen LogP contribution in [0.1, 0.15) is 35.3 Å². The molecule has 1 N–H and O–H groups in total. The van der Waals surface area contributed by atoms with Crippen LogP contribution >= 0.6 is 11.6 Å². The van der Waals surface area contributed by atoms with E-state index in [1.165, 1.54) is 11.1 Å². The van der Waals surface area contributed by atoms with Crippen molar-refractivity contribution in [2.45, 2.75) is 25.0 Å². The van der Waals surface area contributed by atoms with Crippen LogP contribution in [-0.2, 0) is 11.2 Å². The molecule has 2 unspecified atom stereocenters. The van der Waals surface area contributed by atoms with Gasteiger partial charge in [-0.15, -0.1) is 0 Å². The van der Waals surface area contributed by atoms with E-state index in [9.17, 15) is 5.11 Å². The first-order valence-electron chi connectivity index (χ1n) is 6.73. The van der Waals surface area contributed by atoms with E-state index in [0.717, 1.165) is 12.0 Å². The van der Waals surface area contributed by atoms with Crippen molar-refractivity contribution in [1.29, 1.82) is 0 Å². The zero-order valence-corrected chi connectivity index (χ0v) is 11.8. The van der Waals surface area contributed by atoms with Crippen molar-refractivity contribution < 1.29 is 9.84 Å². The first kappa shape index (κ1) is 13.6. The molecule has 1 aliphatic rings. The van der Waals surface area contributed by atoms with Gasteiger partial charge in [-0.05, 0) is 35.2 Å². The average Bonchev–Trinajstić information content (AvgIpc) is 2.47. The van der Waals surface area contributed by atoms with E-state index < -0.39 is 6.10 Å². The van der Waals surface area contributed by atoms with E-state index >= 15 is 0 Å². The smallest absolute Gasteiger partial charge is 0.129 e. The summed E-state index contributed by atoms with van der Waals surface area (Å²) in [7, 11) is 0. The van der Waals surface area contributed by atoms with Crippen molar-refractivity contribution in [3.05, 3.63) is 64.4 Å². The highest BCUT2D eigenvalue weighted by atomic mass is 35.5. The van der Waals surface area contributed by atoms with Crippen LogP contribution in [0.25, 0.3) is 0 Å². The Bertz CT molecular complexity index is 603. The lowest BCUT2D eigenvalue weighted by Gasteiger charge is -2.27. The second-order valence-electron chi connectivity index (χ2n) is 4.97. The van der Waals surface area contributed by atoms with E-state index in [4.69, 9.17) is 16.3 Å². The number of ether oxygens (including phenoxy) is 1. The Kier molecular flexibility index (Phi) is 4.01. The number of nitrogens with zero attached hydrogens (tertiary/aromatic N) is 1. The molecular weight excluding hydrogens is 274 g/mol. The van der Waals surface area contributed by atoms with Crippen LogP contribution in [0.2, 0.25) is 5.15 Å². The number of fused-ring (bicyclic) bond motifs is 1. The fraction of sp³-hybridized carbons (Fsp3) is 0.312. The van der Waals surface area contributed by atoms with Gasteiger partial charge in [0.15, 0.2) is 0 Å². The normalized spacial score (nSPS) is 19.4. The molecule has 3 nitrogen and oxygen atoms in total. The number of aliphatic hydroxyl groups excluding tert-OH is 1. The van der Waals surface area contributed by atoms with Gasteiger partial charge in [-0.3, -0.25) is 0 Å². The number of aromatic nitrogens is 1. The molecule has 4 heteroatoms. The van der Waals surface area contributed by atoms with Crippen LogP contribution in [-0.4, -0.2) is 16.7 Å². The van der Waals surface area contributed by atoms with Gasteiger partial charge in [-0.2, -0.15) is 0 Å². The van der Waals surface area contributed by atoms with Crippen LogP contribution < -0.4 is 0 Å². The summed E-state index contributed by atoms with van der Waals surface area (Å²) >= 11 is 5.86. The quantitative estimate of drug-likeness (QED) is 0.880. The summed E-state index contributed by atoms with van der Waals surface area (Å²) < 4.78 is 5.82. The highest BCUT2D eigenvalue weighted by Crippen LogP contribution is 2.34. The van der Waals surface area contributed by atoms with Crippen molar-refractivity contribution in [3.8, 4) is 0 Å². The third-order valence-electron chi connectivity index (χ3n) is 3.67. The molecule has 104 valence electrons. The van der Waals surface area contributed by atoms with E-state index in [-0.39, 0.29) is 6.10 Å². The topological polar surface area (TPSA) is 42.4 Å². The molecule has 2 atom stereocenters. The van der Waals surface area contributed by atoms with Crippen LogP contribution in [0, 0.1) is 0 Å². The first-order valence-corrected chi connectivity index (χ1v) is 7.11. The highest BCUT2D eigenvalue weighted by molar-refractivity contribution is 6.29. The second kappa shape index (κ2) is 5.92. The number of rotatable bonds is 3. The molecule has 0 fully saturated rings. The summed E-state index contributed by atoms with van der Waals surface area (Å²) in [6.07, 6.45) is 2.39. The Labute approximate surface area is 123 Å². The van der Waals surface area contributed by atoms with Crippen molar-refractivity contribution >= 4 is 11.6 Å². The standard InChI is InChI=1S/C16H16ClNO2/c17-16-9-12(5-7-18-16)14(19)10-15-13-4-2-1-3-11(13)6-8-20-15/h1-5,7,9,14-15,19H,6,8,10H2. The Morgan fingerprint density at radius 3 is 3.05 bits per heavy atom. The summed E-state index contributed by atoms with van der Waals surface area (Å²) in [5.74, 6) is 0. The van der Waals surface area contributed by atoms with E-state index in [1.54, 1.807) is 18.3 Å². The fourth-order valence-electron chi connectivity index (χ4n) is 2.64. The van der Waals surface area contributed by atoms with Gasteiger partial charge >= 0.3 is 0 Å².